The number of carbonyl (C=O) groups is 2. The lowest BCUT2D eigenvalue weighted by atomic mass is 9.98. The number of nitrogens with zero attached hydrogens (tertiary/aromatic N) is 2. The van der Waals surface area contributed by atoms with E-state index in [1.807, 2.05) is 30.3 Å². The Morgan fingerprint density at radius 3 is 2.37 bits per heavy atom. The van der Waals surface area contributed by atoms with Crippen molar-refractivity contribution in [3.8, 4) is 11.5 Å². The second-order valence-electron chi connectivity index (χ2n) is 7.43. The molecule has 1 aromatic heterocycles. The van der Waals surface area contributed by atoms with Gasteiger partial charge in [-0.1, -0.05) is 18.2 Å². The van der Waals surface area contributed by atoms with Crippen molar-refractivity contribution in [3.05, 3.63) is 54.1 Å². The molecule has 1 atom stereocenters. The number of Topliss-reactive ketones (excluding diaryl/α,β-unsaturated/α-hetero) is 1. The van der Waals surface area contributed by atoms with E-state index in [1.165, 1.54) is 0 Å². The molecule has 1 heterocycles. The Morgan fingerprint density at radius 2 is 1.78 bits per heavy atom. The molecule has 0 fully saturated rings. The molecule has 140 valence electrons. The summed E-state index contributed by atoms with van der Waals surface area (Å²) in [5.74, 6) is 0.192. The lowest BCUT2D eigenvalue weighted by Crippen LogP contribution is -2.52. The maximum atomic E-state index is 12.9. The number of aromatic nitrogens is 1. The highest BCUT2D eigenvalue weighted by molar-refractivity contribution is 6.03. The standard InChI is InChI=1S/C21H22N2O4/c1-13(23(20(25)26)21(2,3)4)18(24)15-10-11-16-17(12-15)27-19(22-16)14-8-6-5-7-9-14/h5-13H,1-4H3,(H,25,26). The van der Waals surface area contributed by atoms with Gasteiger partial charge in [-0.3, -0.25) is 9.69 Å². The highest BCUT2D eigenvalue weighted by Crippen LogP contribution is 2.26. The Kier molecular flexibility index (Phi) is 4.74. The number of carbonyl (C=O) groups excluding carboxylic acids is 1. The summed E-state index contributed by atoms with van der Waals surface area (Å²) in [5.41, 5.74) is 1.67. The number of fused-ring (bicyclic) bond motifs is 1. The molecule has 0 spiro atoms. The van der Waals surface area contributed by atoms with Crippen molar-refractivity contribution in [2.24, 2.45) is 0 Å². The van der Waals surface area contributed by atoms with Gasteiger partial charge in [-0.25, -0.2) is 9.78 Å². The predicted molar refractivity (Wildman–Crippen MR) is 103 cm³/mol. The van der Waals surface area contributed by atoms with Gasteiger partial charge in [0.15, 0.2) is 11.4 Å². The minimum atomic E-state index is -1.13. The first kappa shape index (κ1) is 18.6. The maximum absolute atomic E-state index is 12.9. The minimum Gasteiger partial charge on any atom is -0.465 e. The molecule has 0 aliphatic heterocycles. The molecule has 6 heteroatoms. The molecule has 0 bridgehead atoms. The van der Waals surface area contributed by atoms with Crippen LogP contribution in [0.2, 0.25) is 0 Å². The van der Waals surface area contributed by atoms with Gasteiger partial charge in [0.25, 0.3) is 0 Å². The Morgan fingerprint density at radius 1 is 1.11 bits per heavy atom. The summed E-state index contributed by atoms with van der Waals surface area (Å²) >= 11 is 0. The average Bonchev–Trinajstić information content (AvgIpc) is 3.03. The summed E-state index contributed by atoms with van der Waals surface area (Å²) in [5, 5.41) is 9.52. The highest BCUT2D eigenvalue weighted by Gasteiger charge is 2.35. The summed E-state index contributed by atoms with van der Waals surface area (Å²) < 4.78 is 5.81. The van der Waals surface area contributed by atoms with E-state index < -0.39 is 17.7 Å². The van der Waals surface area contributed by atoms with Crippen molar-refractivity contribution in [3.63, 3.8) is 0 Å². The van der Waals surface area contributed by atoms with Crippen LogP contribution in [-0.4, -0.2) is 38.4 Å². The zero-order valence-corrected chi connectivity index (χ0v) is 15.8. The Labute approximate surface area is 157 Å². The fourth-order valence-electron chi connectivity index (χ4n) is 3.17. The van der Waals surface area contributed by atoms with Gasteiger partial charge < -0.3 is 9.52 Å². The van der Waals surface area contributed by atoms with Gasteiger partial charge in [-0.2, -0.15) is 0 Å². The topological polar surface area (TPSA) is 83.6 Å². The average molecular weight is 366 g/mol. The number of amides is 1. The SMILES string of the molecule is CC(C(=O)c1ccc2nc(-c3ccccc3)oc2c1)N(C(=O)O)C(C)(C)C. The highest BCUT2D eigenvalue weighted by atomic mass is 16.4. The van der Waals surface area contributed by atoms with Crippen LogP contribution in [0.1, 0.15) is 38.1 Å². The third-order valence-corrected chi connectivity index (χ3v) is 4.39. The summed E-state index contributed by atoms with van der Waals surface area (Å²) in [6, 6.07) is 13.7. The monoisotopic (exact) mass is 366 g/mol. The van der Waals surface area contributed by atoms with Crippen molar-refractivity contribution in [2.45, 2.75) is 39.3 Å². The van der Waals surface area contributed by atoms with E-state index in [1.54, 1.807) is 45.9 Å². The number of carboxylic acid groups (broad SMARTS) is 1. The summed E-state index contributed by atoms with van der Waals surface area (Å²) in [7, 11) is 0. The van der Waals surface area contributed by atoms with Crippen LogP contribution in [0.5, 0.6) is 0 Å². The molecule has 1 amide bonds. The molecular weight excluding hydrogens is 344 g/mol. The number of benzene rings is 2. The van der Waals surface area contributed by atoms with Crippen molar-refractivity contribution >= 4 is 23.0 Å². The molecule has 1 unspecified atom stereocenters. The lowest BCUT2D eigenvalue weighted by Gasteiger charge is -2.37. The lowest BCUT2D eigenvalue weighted by molar-refractivity contribution is 0.0589. The zero-order chi connectivity index (χ0) is 19.8. The Balaban J connectivity index is 1.95. The summed E-state index contributed by atoms with van der Waals surface area (Å²) in [6.45, 7) is 6.88. The quantitative estimate of drug-likeness (QED) is 0.668. The van der Waals surface area contributed by atoms with Crippen molar-refractivity contribution in [1.82, 2.24) is 9.88 Å². The molecule has 27 heavy (non-hydrogen) atoms. The van der Waals surface area contributed by atoms with Gasteiger partial charge in [0.1, 0.15) is 5.52 Å². The largest absolute Gasteiger partial charge is 0.465 e. The first-order valence-corrected chi connectivity index (χ1v) is 8.71. The van der Waals surface area contributed by atoms with E-state index in [9.17, 15) is 14.7 Å². The molecule has 0 aliphatic carbocycles. The van der Waals surface area contributed by atoms with E-state index in [0.717, 1.165) is 10.5 Å². The molecule has 6 nitrogen and oxygen atoms in total. The van der Waals surface area contributed by atoms with E-state index in [0.29, 0.717) is 22.6 Å². The molecule has 0 aliphatic rings. The van der Waals surface area contributed by atoms with Gasteiger partial charge in [0.2, 0.25) is 5.89 Å². The number of oxazole rings is 1. The predicted octanol–water partition coefficient (Wildman–Crippen LogP) is 4.84. The Bertz CT molecular complexity index is 986. The molecule has 2 aromatic carbocycles. The van der Waals surface area contributed by atoms with Gasteiger partial charge >= 0.3 is 6.09 Å². The van der Waals surface area contributed by atoms with Crippen LogP contribution in [-0.2, 0) is 0 Å². The normalized spacial score (nSPS) is 12.7. The van der Waals surface area contributed by atoms with Crippen LogP contribution in [0.25, 0.3) is 22.6 Å². The number of ketones is 1. The van der Waals surface area contributed by atoms with Gasteiger partial charge in [-0.15, -0.1) is 0 Å². The van der Waals surface area contributed by atoms with Gasteiger partial charge in [0, 0.05) is 16.7 Å². The van der Waals surface area contributed by atoms with Crippen molar-refractivity contribution < 1.29 is 19.1 Å². The molecule has 1 N–H and O–H groups in total. The second-order valence-corrected chi connectivity index (χ2v) is 7.43. The molecular formula is C21H22N2O4. The van der Waals surface area contributed by atoms with E-state index in [-0.39, 0.29) is 5.78 Å². The van der Waals surface area contributed by atoms with Crippen LogP contribution in [0.3, 0.4) is 0 Å². The van der Waals surface area contributed by atoms with Gasteiger partial charge in [-0.05, 0) is 58.0 Å². The molecule has 0 saturated carbocycles. The van der Waals surface area contributed by atoms with E-state index in [2.05, 4.69) is 4.98 Å². The molecule has 3 aromatic rings. The molecule has 0 radical (unpaired) electrons. The van der Waals surface area contributed by atoms with Crippen LogP contribution in [0.15, 0.2) is 52.9 Å². The zero-order valence-electron chi connectivity index (χ0n) is 15.8. The first-order chi connectivity index (χ1) is 12.7. The summed E-state index contributed by atoms with van der Waals surface area (Å²) in [6.07, 6.45) is -1.13. The van der Waals surface area contributed by atoms with Gasteiger partial charge in [0.05, 0.1) is 6.04 Å². The van der Waals surface area contributed by atoms with Crippen molar-refractivity contribution in [2.75, 3.05) is 0 Å². The fourth-order valence-corrected chi connectivity index (χ4v) is 3.17. The van der Waals surface area contributed by atoms with E-state index in [4.69, 9.17) is 4.42 Å². The summed E-state index contributed by atoms with van der Waals surface area (Å²) in [4.78, 5) is 30.1. The third kappa shape index (κ3) is 3.69. The Hall–Kier alpha value is -3.15. The molecule has 0 saturated heterocycles. The van der Waals surface area contributed by atoms with E-state index >= 15 is 0 Å². The third-order valence-electron chi connectivity index (χ3n) is 4.39. The van der Waals surface area contributed by atoms with Crippen LogP contribution in [0.4, 0.5) is 4.79 Å². The smallest absolute Gasteiger partial charge is 0.408 e. The fraction of sp³-hybridized carbons (Fsp3) is 0.286. The minimum absolute atomic E-state index is 0.285. The second kappa shape index (κ2) is 6.87. The number of hydrogen-bond donors (Lipinski definition) is 1. The molecule has 3 rings (SSSR count). The van der Waals surface area contributed by atoms with Crippen LogP contribution < -0.4 is 0 Å². The van der Waals surface area contributed by atoms with Crippen LogP contribution >= 0.6 is 0 Å². The van der Waals surface area contributed by atoms with Crippen LogP contribution in [0, 0.1) is 0 Å². The number of hydrogen-bond acceptors (Lipinski definition) is 4. The first-order valence-electron chi connectivity index (χ1n) is 8.71. The number of rotatable bonds is 4. The van der Waals surface area contributed by atoms with Crippen molar-refractivity contribution in [1.29, 1.82) is 0 Å². The maximum Gasteiger partial charge on any atom is 0.408 e.